The van der Waals surface area contributed by atoms with Crippen LogP contribution >= 0.6 is 39.3 Å². The number of piperazine rings is 1. The number of rotatable bonds is 7. The minimum Gasteiger partial charge on any atom is -0.361 e. The van der Waals surface area contributed by atoms with Crippen LogP contribution in [0.25, 0.3) is 10.9 Å². The van der Waals surface area contributed by atoms with Crippen molar-refractivity contribution in [2.45, 2.75) is 42.5 Å². The van der Waals surface area contributed by atoms with Crippen molar-refractivity contribution in [1.29, 1.82) is 0 Å². The molecule has 0 unspecified atom stereocenters. The standard InChI is InChI=1S/C34H35BrClN5O3S/c1-3-37-33(44)40-16-14-39(15-17-40)32(43)34(45-26-11-4-22(2)5-12-26)19-30(42)41(21-23-6-8-24(35)9-7-23)31(34)28-20-38-29-18-25(36)10-13-27(28)29/h4-13,18,20,31,38H,3,14-17,19,21H2,1-2H3,(H,37,44)/t31-,34-/m1/s1. The van der Waals surface area contributed by atoms with E-state index in [1.54, 1.807) is 4.90 Å². The summed E-state index contributed by atoms with van der Waals surface area (Å²) in [7, 11) is 0. The molecule has 2 aliphatic heterocycles. The molecule has 1 aromatic heterocycles. The van der Waals surface area contributed by atoms with E-state index in [9.17, 15) is 9.59 Å². The maximum absolute atomic E-state index is 15.0. The average molecular weight is 709 g/mol. The Morgan fingerprint density at radius 3 is 2.40 bits per heavy atom. The summed E-state index contributed by atoms with van der Waals surface area (Å²) < 4.78 is -0.208. The lowest BCUT2D eigenvalue weighted by Gasteiger charge is -2.42. The fourth-order valence-electron chi connectivity index (χ4n) is 6.34. The summed E-state index contributed by atoms with van der Waals surface area (Å²) in [6, 6.07) is 21.0. The Kier molecular flexibility index (Phi) is 9.17. The maximum atomic E-state index is 15.0. The quantitative estimate of drug-likeness (QED) is 0.222. The van der Waals surface area contributed by atoms with Crippen molar-refractivity contribution in [3.8, 4) is 0 Å². The number of nitrogens with one attached hydrogen (secondary N) is 2. The van der Waals surface area contributed by atoms with Gasteiger partial charge in [-0.25, -0.2) is 4.79 Å². The second-order valence-electron chi connectivity index (χ2n) is 11.6. The zero-order valence-electron chi connectivity index (χ0n) is 25.2. The van der Waals surface area contributed by atoms with Crippen LogP contribution in [0.4, 0.5) is 4.79 Å². The van der Waals surface area contributed by atoms with Crippen molar-refractivity contribution in [1.82, 2.24) is 25.0 Å². The monoisotopic (exact) mass is 707 g/mol. The minimum atomic E-state index is -1.16. The second kappa shape index (κ2) is 13.1. The third kappa shape index (κ3) is 6.33. The predicted molar refractivity (Wildman–Crippen MR) is 182 cm³/mol. The van der Waals surface area contributed by atoms with E-state index in [0.29, 0.717) is 44.3 Å². The molecule has 45 heavy (non-hydrogen) atoms. The Balaban J connectivity index is 1.46. The Labute approximate surface area is 280 Å². The Morgan fingerprint density at radius 2 is 1.71 bits per heavy atom. The summed E-state index contributed by atoms with van der Waals surface area (Å²) in [5.74, 6) is -0.177. The van der Waals surface area contributed by atoms with Gasteiger partial charge in [0, 0.05) is 76.3 Å². The van der Waals surface area contributed by atoms with Crippen LogP contribution < -0.4 is 5.32 Å². The molecule has 0 saturated carbocycles. The first-order valence-electron chi connectivity index (χ1n) is 15.1. The molecule has 0 aliphatic carbocycles. The first-order chi connectivity index (χ1) is 21.7. The molecule has 8 nitrogen and oxygen atoms in total. The molecule has 2 N–H and O–H groups in total. The zero-order valence-corrected chi connectivity index (χ0v) is 28.3. The van der Waals surface area contributed by atoms with Gasteiger partial charge < -0.3 is 25.0 Å². The number of fused-ring (bicyclic) bond motifs is 1. The van der Waals surface area contributed by atoms with Gasteiger partial charge in [-0.3, -0.25) is 9.59 Å². The molecular formula is C34H35BrClN5O3S. The smallest absolute Gasteiger partial charge is 0.317 e. The molecule has 0 radical (unpaired) electrons. The van der Waals surface area contributed by atoms with E-state index in [1.165, 1.54) is 11.8 Å². The van der Waals surface area contributed by atoms with E-state index >= 15 is 4.79 Å². The zero-order chi connectivity index (χ0) is 31.7. The van der Waals surface area contributed by atoms with Gasteiger partial charge in [-0.2, -0.15) is 0 Å². The number of H-pyrrole nitrogens is 1. The molecule has 3 aromatic carbocycles. The molecule has 2 atom stereocenters. The number of amides is 4. The molecule has 4 aromatic rings. The highest BCUT2D eigenvalue weighted by atomic mass is 79.9. The lowest BCUT2D eigenvalue weighted by Crippen LogP contribution is -2.58. The third-order valence-corrected chi connectivity index (χ3v) is 10.8. The molecule has 6 rings (SSSR count). The summed E-state index contributed by atoms with van der Waals surface area (Å²) in [6.07, 6.45) is 1.96. The number of benzene rings is 3. The van der Waals surface area contributed by atoms with Crippen LogP contribution in [0.1, 0.15) is 36.1 Å². The predicted octanol–water partition coefficient (Wildman–Crippen LogP) is 6.77. The van der Waals surface area contributed by atoms with Crippen LogP contribution in [-0.4, -0.2) is 75.0 Å². The summed E-state index contributed by atoms with van der Waals surface area (Å²) in [4.78, 5) is 51.6. The normalized spacial score (nSPS) is 20.2. The van der Waals surface area contributed by atoms with Gasteiger partial charge in [-0.1, -0.05) is 63.4 Å². The van der Waals surface area contributed by atoms with Gasteiger partial charge in [-0.15, -0.1) is 11.8 Å². The van der Waals surface area contributed by atoms with Crippen LogP contribution in [0.5, 0.6) is 0 Å². The number of halogens is 2. The van der Waals surface area contributed by atoms with Crippen LogP contribution in [0.3, 0.4) is 0 Å². The van der Waals surface area contributed by atoms with Crippen molar-refractivity contribution in [2.24, 2.45) is 0 Å². The number of aromatic amines is 1. The van der Waals surface area contributed by atoms with Gasteiger partial charge in [0.1, 0.15) is 4.75 Å². The lowest BCUT2D eigenvalue weighted by molar-refractivity contribution is -0.136. The lowest BCUT2D eigenvalue weighted by atomic mass is 9.90. The van der Waals surface area contributed by atoms with E-state index in [1.807, 2.05) is 96.6 Å². The number of thioether (sulfide) groups is 1. The molecule has 0 spiro atoms. The Bertz CT molecular complexity index is 1720. The number of carbonyl (C=O) groups excluding carboxylic acids is 3. The fraction of sp³-hybridized carbons (Fsp3) is 0.324. The fourth-order valence-corrected chi connectivity index (χ4v) is 8.25. The van der Waals surface area contributed by atoms with Crippen LogP contribution in [-0.2, 0) is 16.1 Å². The number of likely N-dealkylation sites (tertiary alicyclic amines) is 1. The molecule has 3 heterocycles. The molecule has 2 aliphatic rings. The van der Waals surface area contributed by atoms with Gasteiger partial charge in [0.05, 0.1) is 12.5 Å². The van der Waals surface area contributed by atoms with Crippen molar-refractivity contribution in [2.75, 3.05) is 32.7 Å². The maximum Gasteiger partial charge on any atom is 0.317 e. The number of nitrogens with zero attached hydrogens (tertiary/aromatic N) is 3. The highest BCUT2D eigenvalue weighted by molar-refractivity contribution is 9.10. The van der Waals surface area contributed by atoms with Crippen molar-refractivity contribution in [3.05, 3.63) is 99.1 Å². The van der Waals surface area contributed by atoms with Gasteiger partial charge in [0.2, 0.25) is 11.8 Å². The summed E-state index contributed by atoms with van der Waals surface area (Å²) in [5, 5.41) is 4.38. The number of aryl methyl sites for hydroxylation is 1. The minimum absolute atomic E-state index is 0.0440. The van der Waals surface area contributed by atoms with Gasteiger partial charge in [0.15, 0.2) is 0 Å². The molecule has 234 valence electrons. The highest BCUT2D eigenvalue weighted by Gasteiger charge is 2.59. The van der Waals surface area contributed by atoms with E-state index in [4.69, 9.17) is 11.6 Å². The van der Waals surface area contributed by atoms with Crippen molar-refractivity contribution in [3.63, 3.8) is 0 Å². The first-order valence-corrected chi connectivity index (χ1v) is 17.1. The Hall–Kier alpha value is -3.47. The van der Waals surface area contributed by atoms with Crippen LogP contribution in [0.15, 0.2) is 82.3 Å². The van der Waals surface area contributed by atoms with Crippen LogP contribution in [0, 0.1) is 6.92 Å². The molecule has 0 bridgehead atoms. The molecule has 4 amide bonds. The van der Waals surface area contributed by atoms with E-state index < -0.39 is 10.8 Å². The largest absolute Gasteiger partial charge is 0.361 e. The first kappa shape index (κ1) is 31.5. The number of hydrogen-bond acceptors (Lipinski definition) is 4. The SMILES string of the molecule is CCNC(=O)N1CCN(C(=O)[C@@]2(Sc3ccc(C)cc3)CC(=O)N(Cc3ccc(Br)cc3)[C@@H]2c2c[nH]c3cc(Cl)ccc23)CC1. The second-order valence-corrected chi connectivity index (χ2v) is 14.3. The van der Waals surface area contributed by atoms with Gasteiger partial charge >= 0.3 is 6.03 Å². The molecule has 11 heteroatoms. The van der Waals surface area contributed by atoms with Gasteiger partial charge in [0.25, 0.3) is 0 Å². The number of urea groups is 1. The number of hydrogen-bond donors (Lipinski definition) is 2. The molecule has 2 fully saturated rings. The average Bonchev–Trinajstić information content (AvgIpc) is 3.56. The molecule has 2 saturated heterocycles. The highest BCUT2D eigenvalue weighted by Crippen LogP contribution is 2.55. The molecular weight excluding hydrogens is 674 g/mol. The number of carbonyl (C=O) groups is 3. The summed E-state index contributed by atoms with van der Waals surface area (Å²) >= 11 is 11.3. The van der Waals surface area contributed by atoms with Gasteiger partial charge in [-0.05, 0) is 55.8 Å². The van der Waals surface area contributed by atoms with E-state index in [0.717, 1.165) is 37.0 Å². The number of aromatic nitrogens is 1. The van der Waals surface area contributed by atoms with E-state index in [2.05, 4.69) is 26.2 Å². The summed E-state index contributed by atoms with van der Waals surface area (Å²) in [6.45, 7) is 6.45. The topological polar surface area (TPSA) is 88.8 Å². The van der Waals surface area contributed by atoms with E-state index in [-0.39, 0.29) is 24.3 Å². The Morgan fingerprint density at radius 1 is 1.02 bits per heavy atom. The summed E-state index contributed by atoms with van der Waals surface area (Å²) in [5.41, 5.74) is 3.81. The third-order valence-electron chi connectivity index (χ3n) is 8.59. The van der Waals surface area contributed by atoms with Crippen molar-refractivity contribution >= 4 is 68.0 Å². The van der Waals surface area contributed by atoms with Crippen LogP contribution in [0.2, 0.25) is 5.02 Å². The van der Waals surface area contributed by atoms with Crippen molar-refractivity contribution < 1.29 is 14.4 Å².